The average molecular weight is 160 g/mol. The summed E-state index contributed by atoms with van der Waals surface area (Å²) in [7, 11) is 0. The molecule has 0 bridgehead atoms. The summed E-state index contributed by atoms with van der Waals surface area (Å²) in [6.07, 6.45) is 15.4. The van der Waals surface area contributed by atoms with Crippen LogP contribution in [0.25, 0.3) is 0 Å². The summed E-state index contributed by atoms with van der Waals surface area (Å²) in [6, 6.07) is 0. The van der Waals surface area contributed by atoms with Crippen LogP contribution >= 0.6 is 0 Å². The number of allylic oxidation sites excluding steroid dienone is 6. The molecule has 0 fully saturated rings. The van der Waals surface area contributed by atoms with Crippen molar-refractivity contribution < 1.29 is 0 Å². The Morgan fingerprint density at radius 2 is 2.33 bits per heavy atom. The number of rotatable bonds is 1. The van der Waals surface area contributed by atoms with Crippen molar-refractivity contribution in [3.63, 3.8) is 0 Å². The van der Waals surface area contributed by atoms with Crippen LogP contribution in [0.5, 0.6) is 0 Å². The van der Waals surface area contributed by atoms with Crippen LogP contribution in [-0.2, 0) is 0 Å². The van der Waals surface area contributed by atoms with E-state index in [1.54, 1.807) is 5.57 Å². The molecule has 2 aliphatic rings. The zero-order chi connectivity index (χ0) is 8.39. The summed E-state index contributed by atoms with van der Waals surface area (Å²) in [4.78, 5) is 0. The van der Waals surface area contributed by atoms with E-state index in [0.717, 1.165) is 5.92 Å². The Labute approximate surface area is 74.7 Å². The third-order valence-corrected chi connectivity index (χ3v) is 3.00. The van der Waals surface area contributed by atoms with E-state index in [1.807, 2.05) is 0 Å². The second-order valence-electron chi connectivity index (χ2n) is 3.67. The lowest BCUT2D eigenvalue weighted by Gasteiger charge is -2.29. The summed E-state index contributed by atoms with van der Waals surface area (Å²) in [5, 5.41) is 0. The summed E-state index contributed by atoms with van der Waals surface area (Å²) in [5.74, 6) is 1.53. The molecule has 0 N–H and O–H groups in total. The molecule has 0 aliphatic heterocycles. The van der Waals surface area contributed by atoms with Gasteiger partial charge in [0.15, 0.2) is 0 Å². The number of fused-ring (bicyclic) bond motifs is 1. The Morgan fingerprint density at radius 3 is 3.17 bits per heavy atom. The van der Waals surface area contributed by atoms with Gasteiger partial charge in [0, 0.05) is 5.92 Å². The van der Waals surface area contributed by atoms with Crippen LogP contribution in [0.3, 0.4) is 0 Å². The van der Waals surface area contributed by atoms with Crippen molar-refractivity contribution in [2.24, 2.45) is 11.8 Å². The van der Waals surface area contributed by atoms with Gasteiger partial charge in [0.05, 0.1) is 0 Å². The van der Waals surface area contributed by atoms with Crippen LogP contribution in [0, 0.1) is 11.8 Å². The molecule has 2 unspecified atom stereocenters. The quantitative estimate of drug-likeness (QED) is 0.515. The van der Waals surface area contributed by atoms with Crippen LogP contribution in [0.4, 0.5) is 0 Å². The van der Waals surface area contributed by atoms with Crippen LogP contribution in [-0.4, -0.2) is 0 Å². The standard InChI is InChI=1S/C12H16/c1-2-10-7-5-8-11-6-3-4-9-12(10)11/h3,5-8,11-12H,2,4,9H2,1H3. The molecule has 64 valence electrons. The molecule has 0 saturated carbocycles. The van der Waals surface area contributed by atoms with Gasteiger partial charge in [-0.1, -0.05) is 42.9 Å². The predicted molar refractivity (Wildman–Crippen MR) is 52.9 cm³/mol. The minimum Gasteiger partial charge on any atom is -0.0879 e. The van der Waals surface area contributed by atoms with Crippen LogP contribution < -0.4 is 0 Å². The van der Waals surface area contributed by atoms with E-state index in [0.29, 0.717) is 5.92 Å². The van der Waals surface area contributed by atoms with Gasteiger partial charge in [0.2, 0.25) is 0 Å². The van der Waals surface area contributed by atoms with Gasteiger partial charge in [-0.15, -0.1) is 0 Å². The Balaban J connectivity index is 2.23. The zero-order valence-corrected chi connectivity index (χ0v) is 7.66. The van der Waals surface area contributed by atoms with Crippen molar-refractivity contribution in [2.75, 3.05) is 0 Å². The maximum absolute atomic E-state index is 2.37. The molecule has 2 aliphatic carbocycles. The van der Waals surface area contributed by atoms with Crippen molar-refractivity contribution in [1.29, 1.82) is 0 Å². The van der Waals surface area contributed by atoms with Gasteiger partial charge in [-0.05, 0) is 25.2 Å². The lowest BCUT2D eigenvalue weighted by atomic mass is 9.75. The largest absolute Gasteiger partial charge is 0.0879 e. The Kier molecular flexibility index (Phi) is 2.16. The van der Waals surface area contributed by atoms with Crippen molar-refractivity contribution in [2.45, 2.75) is 26.2 Å². The van der Waals surface area contributed by atoms with E-state index >= 15 is 0 Å². The SMILES string of the molecule is CCC1=CC=CC2C=CCCC12. The fourth-order valence-electron chi connectivity index (χ4n) is 2.30. The first-order valence-corrected chi connectivity index (χ1v) is 4.95. The topological polar surface area (TPSA) is 0 Å². The summed E-state index contributed by atoms with van der Waals surface area (Å²) >= 11 is 0. The van der Waals surface area contributed by atoms with Crippen LogP contribution in [0.2, 0.25) is 0 Å². The van der Waals surface area contributed by atoms with Gasteiger partial charge in [-0.2, -0.15) is 0 Å². The minimum absolute atomic E-state index is 0.707. The summed E-state index contributed by atoms with van der Waals surface area (Å²) < 4.78 is 0. The Morgan fingerprint density at radius 1 is 1.42 bits per heavy atom. The summed E-state index contributed by atoms with van der Waals surface area (Å²) in [5.41, 5.74) is 1.65. The second kappa shape index (κ2) is 3.30. The van der Waals surface area contributed by atoms with Crippen molar-refractivity contribution in [3.05, 3.63) is 36.0 Å². The maximum atomic E-state index is 2.37. The Bertz CT molecular complexity index is 243. The van der Waals surface area contributed by atoms with E-state index in [2.05, 4.69) is 37.3 Å². The van der Waals surface area contributed by atoms with Gasteiger partial charge < -0.3 is 0 Å². The van der Waals surface area contributed by atoms with Crippen molar-refractivity contribution in [3.8, 4) is 0 Å². The van der Waals surface area contributed by atoms with Gasteiger partial charge in [0.25, 0.3) is 0 Å². The molecule has 2 atom stereocenters. The van der Waals surface area contributed by atoms with Gasteiger partial charge in [-0.3, -0.25) is 0 Å². The molecule has 2 rings (SSSR count). The number of hydrogen-bond acceptors (Lipinski definition) is 0. The molecule has 0 nitrogen and oxygen atoms in total. The fourth-order valence-corrected chi connectivity index (χ4v) is 2.30. The normalized spacial score (nSPS) is 32.9. The van der Waals surface area contributed by atoms with E-state index < -0.39 is 0 Å². The van der Waals surface area contributed by atoms with Gasteiger partial charge >= 0.3 is 0 Å². The van der Waals surface area contributed by atoms with Crippen molar-refractivity contribution in [1.82, 2.24) is 0 Å². The lowest BCUT2D eigenvalue weighted by Crippen LogP contribution is -2.18. The highest BCUT2D eigenvalue weighted by Gasteiger charge is 2.23. The fraction of sp³-hybridized carbons (Fsp3) is 0.500. The maximum Gasteiger partial charge on any atom is 0.00154 e. The van der Waals surface area contributed by atoms with E-state index in [1.165, 1.54) is 19.3 Å². The monoisotopic (exact) mass is 160 g/mol. The third-order valence-electron chi connectivity index (χ3n) is 3.00. The minimum atomic E-state index is 0.707. The highest BCUT2D eigenvalue weighted by atomic mass is 14.3. The highest BCUT2D eigenvalue weighted by molar-refractivity contribution is 5.27. The molecular weight excluding hydrogens is 144 g/mol. The van der Waals surface area contributed by atoms with Crippen molar-refractivity contribution >= 4 is 0 Å². The van der Waals surface area contributed by atoms with E-state index in [4.69, 9.17) is 0 Å². The van der Waals surface area contributed by atoms with Crippen LogP contribution in [0.1, 0.15) is 26.2 Å². The highest BCUT2D eigenvalue weighted by Crippen LogP contribution is 2.35. The molecule has 0 aromatic carbocycles. The lowest BCUT2D eigenvalue weighted by molar-refractivity contribution is 0.455. The zero-order valence-electron chi connectivity index (χ0n) is 7.66. The van der Waals surface area contributed by atoms with E-state index in [9.17, 15) is 0 Å². The predicted octanol–water partition coefficient (Wildman–Crippen LogP) is 3.48. The molecule has 0 aromatic rings. The summed E-state index contributed by atoms with van der Waals surface area (Å²) in [6.45, 7) is 2.26. The molecular formula is C12H16. The molecule has 0 heteroatoms. The third kappa shape index (κ3) is 1.26. The van der Waals surface area contributed by atoms with Gasteiger partial charge in [0.1, 0.15) is 0 Å². The molecule has 0 heterocycles. The number of hydrogen-bond donors (Lipinski definition) is 0. The molecule has 0 aromatic heterocycles. The molecule has 12 heavy (non-hydrogen) atoms. The second-order valence-corrected chi connectivity index (χ2v) is 3.67. The first kappa shape index (κ1) is 7.85. The molecule has 0 saturated heterocycles. The average Bonchev–Trinajstić information content (AvgIpc) is 2.17. The molecule has 0 amide bonds. The Hall–Kier alpha value is -0.780. The first-order valence-electron chi connectivity index (χ1n) is 4.95. The van der Waals surface area contributed by atoms with Crippen LogP contribution in [0.15, 0.2) is 36.0 Å². The van der Waals surface area contributed by atoms with E-state index in [-0.39, 0.29) is 0 Å². The molecule has 0 radical (unpaired) electrons. The first-order chi connectivity index (χ1) is 5.92. The smallest absolute Gasteiger partial charge is 0.00154 e. The van der Waals surface area contributed by atoms with Gasteiger partial charge in [-0.25, -0.2) is 0 Å². The molecule has 0 spiro atoms.